The molecule has 4 aliphatic carbocycles. The maximum absolute atomic E-state index is 13.0. The lowest BCUT2D eigenvalue weighted by atomic mass is 9.46. The highest BCUT2D eigenvalue weighted by Gasteiger charge is 2.60. The average molecular weight is 316 g/mol. The van der Waals surface area contributed by atoms with Crippen LogP contribution in [0.15, 0.2) is 24.3 Å². The molecule has 0 spiro atoms. The molecule has 4 saturated carbocycles. The van der Waals surface area contributed by atoms with E-state index >= 15 is 0 Å². The monoisotopic (exact) mass is 316 g/mol. The molecule has 5 heteroatoms. The van der Waals surface area contributed by atoms with E-state index in [1.54, 1.807) is 0 Å². The van der Waals surface area contributed by atoms with Crippen LogP contribution in [0.2, 0.25) is 0 Å². The van der Waals surface area contributed by atoms with Crippen LogP contribution in [0.1, 0.15) is 48.9 Å². The Morgan fingerprint density at radius 2 is 1.70 bits per heavy atom. The molecule has 0 aliphatic heterocycles. The largest absolute Gasteiger partial charge is 0.369 e. The van der Waals surface area contributed by atoms with E-state index in [0.717, 1.165) is 32.1 Å². The lowest BCUT2D eigenvalue weighted by Gasteiger charge is -2.61. The molecule has 4 fully saturated rings. The maximum atomic E-state index is 13.0. The van der Waals surface area contributed by atoms with Crippen molar-refractivity contribution in [3.8, 4) is 0 Å². The van der Waals surface area contributed by atoms with Gasteiger partial charge in [-0.3, -0.25) is 9.59 Å². The standard InChI is InChI=1S/C18H21FN2O2/c19-14-3-1-13(2-4-14)15(22)21-18-8-11-5-12(9-18)7-17(6-11,10-18)16(20)23/h1-4,11-12H,5-10H2,(H2,20,23)(H,21,22). The zero-order valence-corrected chi connectivity index (χ0v) is 13.0. The molecule has 2 unspecified atom stereocenters. The maximum Gasteiger partial charge on any atom is 0.251 e. The van der Waals surface area contributed by atoms with Crippen molar-refractivity contribution in [2.75, 3.05) is 0 Å². The molecule has 4 nitrogen and oxygen atoms in total. The summed E-state index contributed by atoms with van der Waals surface area (Å²) < 4.78 is 13.0. The number of halogens is 1. The van der Waals surface area contributed by atoms with Crippen molar-refractivity contribution < 1.29 is 14.0 Å². The van der Waals surface area contributed by atoms with Crippen molar-refractivity contribution in [1.82, 2.24) is 5.32 Å². The molecule has 1 aromatic rings. The fourth-order valence-electron chi connectivity index (χ4n) is 5.61. The number of amides is 2. The molecule has 122 valence electrons. The zero-order chi connectivity index (χ0) is 16.2. The lowest BCUT2D eigenvalue weighted by molar-refractivity contribution is -0.146. The second kappa shape index (κ2) is 4.79. The third-order valence-corrected chi connectivity index (χ3v) is 6.07. The normalized spacial score (nSPS) is 37.6. The van der Waals surface area contributed by atoms with Crippen LogP contribution < -0.4 is 11.1 Å². The molecule has 2 amide bonds. The molecule has 23 heavy (non-hydrogen) atoms. The molecule has 2 atom stereocenters. The first kappa shape index (κ1) is 14.7. The Labute approximate surface area is 134 Å². The van der Waals surface area contributed by atoms with Gasteiger partial charge in [0.1, 0.15) is 5.82 Å². The fourth-order valence-corrected chi connectivity index (χ4v) is 5.61. The summed E-state index contributed by atoms with van der Waals surface area (Å²) in [5.41, 5.74) is 5.40. The van der Waals surface area contributed by atoms with E-state index in [-0.39, 0.29) is 23.2 Å². The second-order valence-corrected chi connectivity index (χ2v) is 7.85. The van der Waals surface area contributed by atoms with Crippen molar-refractivity contribution in [3.63, 3.8) is 0 Å². The highest BCUT2D eigenvalue weighted by molar-refractivity contribution is 5.94. The lowest BCUT2D eigenvalue weighted by Crippen LogP contribution is -2.65. The zero-order valence-electron chi connectivity index (χ0n) is 13.0. The van der Waals surface area contributed by atoms with Gasteiger partial charge in [-0.2, -0.15) is 0 Å². The van der Waals surface area contributed by atoms with E-state index in [2.05, 4.69) is 5.32 Å². The Morgan fingerprint density at radius 1 is 1.09 bits per heavy atom. The molecule has 4 bridgehead atoms. The number of nitrogens with one attached hydrogen (secondary N) is 1. The highest BCUT2D eigenvalue weighted by atomic mass is 19.1. The van der Waals surface area contributed by atoms with Gasteiger partial charge in [-0.1, -0.05) is 0 Å². The van der Waals surface area contributed by atoms with Gasteiger partial charge in [-0.25, -0.2) is 4.39 Å². The van der Waals surface area contributed by atoms with Crippen molar-refractivity contribution >= 4 is 11.8 Å². The van der Waals surface area contributed by atoms with Crippen LogP contribution in [0.25, 0.3) is 0 Å². The van der Waals surface area contributed by atoms with E-state index in [9.17, 15) is 14.0 Å². The van der Waals surface area contributed by atoms with Crippen LogP contribution in [0.4, 0.5) is 4.39 Å². The first-order valence-corrected chi connectivity index (χ1v) is 8.28. The molecule has 3 N–H and O–H groups in total. The highest BCUT2D eigenvalue weighted by Crippen LogP contribution is 2.61. The summed E-state index contributed by atoms with van der Waals surface area (Å²) in [6.07, 6.45) is 5.37. The van der Waals surface area contributed by atoms with E-state index < -0.39 is 5.41 Å². The number of benzene rings is 1. The summed E-state index contributed by atoms with van der Waals surface area (Å²) in [6.45, 7) is 0. The summed E-state index contributed by atoms with van der Waals surface area (Å²) in [4.78, 5) is 24.6. The number of primary amides is 1. The number of carbonyl (C=O) groups excluding carboxylic acids is 2. The molecule has 0 radical (unpaired) electrons. The van der Waals surface area contributed by atoms with Crippen LogP contribution >= 0.6 is 0 Å². The van der Waals surface area contributed by atoms with E-state index in [1.807, 2.05) is 0 Å². The molecular weight excluding hydrogens is 295 g/mol. The van der Waals surface area contributed by atoms with Gasteiger partial charge >= 0.3 is 0 Å². The predicted molar refractivity (Wildman–Crippen MR) is 82.9 cm³/mol. The third kappa shape index (κ3) is 2.33. The summed E-state index contributed by atoms with van der Waals surface area (Å²) in [5, 5.41) is 3.17. The molecule has 1 aromatic carbocycles. The Kier molecular flexibility index (Phi) is 3.06. The smallest absolute Gasteiger partial charge is 0.251 e. The summed E-state index contributed by atoms with van der Waals surface area (Å²) >= 11 is 0. The quantitative estimate of drug-likeness (QED) is 0.898. The van der Waals surface area contributed by atoms with E-state index in [1.165, 1.54) is 24.3 Å². The predicted octanol–water partition coefficient (Wildman–Crippen LogP) is 2.38. The number of nitrogens with two attached hydrogens (primary N) is 1. The topological polar surface area (TPSA) is 72.2 Å². The average Bonchev–Trinajstić information content (AvgIpc) is 2.45. The summed E-state index contributed by atoms with van der Waals surface area (Å²) in [6, 6.07) is 5.57. The van der Waals surface area contributed by atoms with Gasteiger partial charge in [-0.05, 0) is 74.6 Å². The minimum Gasteiger partial charge on any atom is -0.369 e. The van der Waals surface area contributed by atoms with E-state index in [0.29, 0.717) is 23.8 Å². The summed E-state index contributed by atoms with van der Waals surface area (Å²) in [5.74, 6) is 0.178. The van der Waals surface area contributed by atoms with E-state index in [4.69, 9.17) is 5.73 Å². The van der Waals surface area contributed by atoms with Crippen LogP contribution in [0, 0.1) is 23.1 Å². The Balaban J connectivity index is 1.60. The van der Waals surface area contributed by atoms with Crippen molar-refractivity contribution in [2.24, 2.45) is 23.0 Å². The molecule has 0 heterocycles. The second-order valence-electron chi connectivity index (χ2n) is 7.85. The van der Waals surface area contributed by atoms with Gasteiger partial charge in [0.05, 0.1) is 5.41 Å². The number of hydrogen-bond acceptors (Lipinski definition) is 2. The van der Waals surface area contributed by atoms with Gasteiger partial charge in [-0.15, -0.1) is 0 Å². The van der Waals surface area contributed by atoms with Gasteiger partial charge < -0.3 is 11.1 Å². The van der Waals surface area contributed by atoms with Crippen molar-refractivity contribution in [1.29, 1.82) is 0 Å². The Bertz CT molecular complexity index is 656. The first-order chi connectivity index (χ1) is 10.9. The Hall–Kier alpha value is -1.91. The Morgan fingerprint density at radius 3 is 2.26 bits per heavy atom. The summed E-state index contributed by atoms with van der Waals surface area (Å²) in [7, 11) is 0. The number of hydrogen-bond donors (Lipinski definition) is 2. The first-order valence-electron chi connectivity index (χ1n) is 8.28. The van der Waals surface area contributed by atoms with Crippen molar-refractivity contribution in [2.45, 2.75) is 44.1 Å². The minimum atomic E-state index is -0.444. The molecule has 4 aliphatic rings. The van der Waals surface area contributed by atoms with Crippen LogP contribution in [-0.2, 0) is 4.79 Å². The molecule has 5 rings (SSSR count). The van der Waals surface area contributed by atoms with Gasteiger partial charge in [0.25, 0.3) is 5.91 Å². The van der Waals surface area contributed by atoms with Crippen molar-refractivity contribution in [3.05, 3.63) is 35.6 Å². The fraction of sp³-hybridized carbons (Fsp3) is 0.556. The molecular formula is C18H21FN2O2. The minimum absolute atomic E-state index is 0.188. The SMILES string of the molecule is NC(=O)C12CC3CC(CC(NC(=O)c4ccc(F)cc4)(C3)C1)C2. The number of carbonyl (C=O) groups is 2. The van der Waals surface area contributed by atoms with Gasteiger partial charge in [0, 0.05) is 11.1 Å². The van der Waals surface area contributed by atoms with Crippen LogP contribution in [0.3, 0.4) is 0 Å². The van der Waals surface area contributed by atoms with Crippen LogP contribution in [0.5, 0.6) is 0 Å². The third-order valence-electron chi connectivity index (χ3n) is 6.07. The van der Waals surface area contributed by atoms with Crippen LogP contribution in [-0.4, -0.2) is 17.4 Å². The molecule has 0 saturated heterocycles. The van der Waals surface area contributed by atoms with Gasteiger partial charge in [0.2, 0.25) is 5.91 Å². The molecule has 0 aromatic heterocycles. The number of rotatable bonds is 3. The van der Waals surface area contributed by atoms with Gasteiger partial charge in [0.15, 0.2) is 0 Å².